The van der Waals surface area contributed by atoms with E-state index in [2.05, 4.69) is 5.32 Å². The second-order valence-electron chi connectivity index (χ2n) is 5.15. The smallest absolute Gasteiger partial charge is 0.257 e. The molecule has 24 heavy (non-hydrogen) atoms. The van der Waals surface area contributed by atoms with Gasteiger partial charge in [-0.2, -0.15) is 0 Å². The third kappa shape index (κ3) is 4.11. The van der Waals surface area contributed by atoms with Crippen LogP contribution in [0.1, 0.15) is 29.3 Å². The first-order valence-corrected chi connectivity index (χ1v) is 7.78. The van der Waals surface area contributed by atoms with Crippen molar-refractivity contribution in [1.82, 2.24) is 0 Å². The van der Waals surface area contributed by atoms with Gasteiger partial charge in [0, 0.05) is 24.6 Å². The molecule has 0 bridgehead atoms. The summed E-state index contributed by atoms with van der Waals surface area (Å²) in [5.41, 5.74) is 1.16. The largest absolute Gasteiger partial charge is 0.494 e. The van der Waals surface area contributed by atoms with Crippen LogP contribution in [0.3, 0.4) is 0 Å². The number of ether oxygens (including phenoxy) is 1. The van der Waals surface area contributed by atoms with Crippen molar-refractivity contribution >= 4 is 29.0 Å². The van der Waals surface area contributed by atoms with Crippen molar-refractivity contribution in [2.45, 2.75) is 19.8 Å². The van der Waals surface area contributed by atoms with E-state index < -0.39 is 11.7 Å². The van der Waals surface area contributed by atoms with Gasteiger partial charge < -0.3 is 10.1 Å². The van der Waals surface area contributed by atoms with Gasteiger partial charge >= 0.3 is 0 Å². The van der Waals surface area contributed by atoms with E-state index in [9.17, 15) is 14.0 Å². The molecule has 2 aromatic rings. The Bertz CT molecular complexity index is 777. The fraction of sp³-hybridized carbons (Fsp3) is 0.222. The molecule has 0 aromatic heterocycles. The highest BCUT2D eigenvalue weighted by Crippen LogP contribution is 2.25. The van der Waals surface area contributed by atoms with Gasteiger partial charge in [0.2, 0.25) is 0 Å². The van der Waals surface area contributed by atoms with Crippen LogP contribution >= 0.6 is 11.6 Å². The molecule has 0 atom stereocenters. The SMILES string of the molecule is CCC(=O)Cc1cccc(Cl)c1C(=O)Nc1ccc(F)c(OC)c1. The molecule has 0 saturated heterocycles. The topological polar surface area (TPSA) is 55.4 Å². The Morgan fingerprint density at radius 3 is 2.67 bits per heavy atom. The average Bonchev–Trinajstić information content (AvgIpc) is 2.56. The predicted octanol–water partition coefficient (Wildman–Crippen LogP) is 4.26. The van der Waals surface area contributed by atoms with E-state index in [-0.39, 0.29) is 28.5 Å². The van der Waals surface area contributed by atoms with Gasteiger partial charge in [0.1, 0.15) is 5.78 Å². The van der Waals surface area contributed by atoms with E-state index >= 15 is 0 Å². The van der Waals surface area contributed by atoms with Gasteiger partial charge in [0.15, 0.2) is 11.6 Å². The molecule has 0 aliphatic heterocycles. The number of halogens is 2. The third-order valence-corrected chi connectivity index (χ3v) is 3.83. The maximum atomic E-state index is 13.4. The Labute approximate surface area is 144 Å². The molecule has 0 spiro atoms. The minimum Gasteiger partial charge on any atom is -0.494 e. The molecule has 0 heterocycles. The van der Waals surface area contributed by atoms with Gasteiger partial charge in [-0.3, -0.25) is 9.59 Å². The van der Waals surface area contributed by atoms with Crippen LogP contribution in [0.5, 0.6) is 5.75 Å². The monoisotopic (exact) mass is 349 g/mol. The lowest BCUT2D eigenvalue weighted by Crippen LogP contribution is -2.16. The van der Waals surface area contributed by atoms with Crippen molar-refractivity contribution in [2.75, 3.05) is 12.4 Å². The average molecular weight is 350 g/mol. The number of Topliss-reactive ketones (excluding diaryl/α,β-unsaturated/α-hetero) is 1. The zero-order valence-corrected chi connectivity index (χ0v) is 14.1. The van der Waals surface area contributed by atoms with Gasteiger partial charge in [-0.25, -0.2) is 4.39 Å². The standard InChI is InChI=1S/C18H17ClFNO3/c1-3-13(22)9-11-5-4-6-14(19)17(11)18(23)21-12-7-8-15(20)16(10-12)24-2/h4-8,10H,3,9H2,1-2H3,(H,21,23). The van der Waals surface area contributed by atoms with E-state index in [4.69, 9.17) is 16.3 Å². The summed E-state index contributed by atoms with van der Waals surface area (Å²) in [4.78, 5) is 24.3. The fourth-order valence-electron chi connectivity index (χ4n) is 2.24. The number of amides is 1. The molecule has 0 aliphatic carbocycles. The highest BCUT2D eigenvalue weighted by molar-refractivity contribution is 6.34. The Morgan fingerprint density at radius 1 is 1.25 bits per heavy atom. The number of nitrogens with one attached hydrogen (secondary N) is 1. The zero-order valence-electron chi connectivity index (χ0n) is 13.4. The summed E-state index contributed by atoms with van der Waals surface area (Å²) >= 11 is 6.14. The van der Waals surface area contributed by atoms with E-state index in [0.29, 0.717) is 17.7 Å². The lowest BCUT2D eigenvalue weighted by atomic mass is 10.0. The molecule has 4 nitrogen and oxygen atoms in total. The summed E-state index contributed by atoms with van der Waals surface area (Å²) in [6.45, 7) is 1.76. The van der Waals surface area contributed by atoms with Crippen molar-refractivity contribution < 1.29 is 18.7 Å². The molecule has 0 radical (unpaired) electrons. The van der Waals surface area contributed by atoms with Gasteiger partial charge in [-0.1, -0.05) is 30.7 Å². The molecule has 2 rings (SSSR count). The van der Waals surface area contributed by atoms with Crippen LogP contribution in [-0.4, -0.2) is 18.8 Å². The van der Waals surface area contributed by atoms with E-state index in [1.54, 1.807) is 25.1 Å². The number of rotatable bonds is 6. The molecule has 1 N–H and O–H groups in total. The Hall–Kier alpha value is -2.40. The van der Waals surface area contributed by atoms with Crippen molar-refractivity contribution in [2.24, 2.45) is 0 Å². The predicted molar refractivity (Wildman–Crippen MR) is 91.4 cm³/mol. The zero-order chi connectivity index (χ0) is 17.7. The summed E-state index contributed by atoms with van der Waals surface area (Å²) in [7, 11) is 1.34. The Morgan fingerprint density at radius 2 is 2.00 bits per heavy atom. The summed E-state index contributed by atoms with van der Waals surface area (Å²) in [5.74, 6) is -0.959. The molecule has 126 valence electrons. The van der Waals surface area contributed by atoms with Crippen molar-refractivity contribution in [3.05, 3.63) is 58.4 Å². The highest BCUT2D eigenvalue weighted by Gasteiger charge is 2.18. The van der Waals surface area contributed by atoms with Crippen molar-refractivity contribution in [1.29, 1.82) is 0 Å². The summed E-state index contributed by atoms with van der Waals surface area (Å²) in [6.07, 6.45) is 0.509. The molecule has 2 aromatic carbocycles. The fourth-order valence-corrected chi connectivity index (χ4v) is 2.52. The number of hydrogen-bond donors (Lipinski definition) is 1. The highest BCUT2D eigenvalue weighted by atomic mass is 35.5. The first kappa shape index (κ1) is 17.9. The van der Waals surface area contributed by atoms with Crippen LogP contribution in [0.2, 0.25) is 5.02 Å². The molecular formula is C18H17ClFNO3. The lowest BCUT2D eigenvalue weighted by molar-refractivity contribution is -0.118. The Kier molecular flexibility index (Phi) is 5.93. The normalized spacial score (nSPS) is 10.3. The number of hydrogen-bond acceptors (Lipinski definition) is 3. The van der Waals surface area contributed by atoms with Gasteiger partial charge in [0.05, 0.1) is 17.7 Å². The quantitative estimate of drug-likeness (QED) is 0.847. The lowest BCUT2D eigenvalue weighted by Gasteiger charge is -2.12. The molecule has 0 aliphatic rings. The van der Waals surface area contributed by atoms with Crippen LogP contribution < -0.4 is 10.1 Å². The second kappa shape index (κ2) is 7.93. The van der Waals surface area contributed by atoms with Gasteiger partial charge in [0.25, 0.3) is 5.91 Å². The van der Waals surface area contributed by atoms with Crippen LogP contribution in [-0.2, 0) is 11.2 Å². The van der Waals surface area contributed by atoms with E-state index in [1.807, 2.05) is 0 Å². The van der Waals surface area contributed by atoms with Crippen LogP contribution in [0, 0.1) is 5.82 Å². The first-order chi connectivity index (χ1) is 11.5. The third-order valence-electron chi connectivity index (χ3n) is 3.52. The number of benzene rings is 2. The van der Waals surface area contributed by atoms with Crippen LogP contribution in [0.4, 0.5) is 10.1 Å². The molecule has 6 heteroatoms. The molecular weight excluding hydrogens is 333 g/mol. The maximum Gasteiger partial charge on any atom is 0.257 e. The summed E-state index contributed by atoms with van der Waals surface area (Å²) in [6, 6.07) is 8.96. The van der Waals surface area contributed by atoms with Gasteiger partial charge in [-0.15, -0.1) is 0 Å². The number of methoxy groups -OCH3 is 1. The van der Waals surface area contributed by atoms with E-state index in [0.717, 1.165) is 0 Å². The molecule has 1 amide bonds. The van der Waals surface area contributed by atoms with Crippen molar-refractivity contribution in [3.63, 3.8) is 0 Å². The minimum atomic E-state index is -0.525. The van der Waals surface area contributed by atoms with Crippen molar-refractivity contribution in [3.8, 4) is 5.75 Å². The maximum absolute atomic E-state index is 13.4. The first-order valence-electron chi connectivity index (χ1n) is 7.40. The molecule has 0 fully saturated rings. The number of carbonyl (C=O) groups is 2. The number of ketones is 1. The molecule has 0 unspecified atom stereocenters. The summed E-state index contributed by atoms with van der Waals surface area (Å²) < 4.78 is 18.3. The minimum absolute atomic E-state index is 0.00904. The van der Waals surface area contributed by atoms with Crippen LogP contribution in [0.15, 0.2) is 36.4 Å². The molecule has 0 saturated carbocycles. The van der Waals surface area contributed by atoms with E-state index in [1.165, 1.54) is 25.3 Å². The van der Waals surface area contributed by atoms with Gasteiger partial charge in [-0.05, 0) is 23.8 Å². The second-order valence-corrected chi connectivity index (χ2v) is 5.55. The number of anilines is 1. The summed E-state index contributed by atoms with van der Waals surface area (Å²) in [5, 5.41) is 2.90. The Balaban J connectivity index is 2.31. The number of carbonyl (C=O) groups excluding carboxylic acids is 2. The van der Waals surface area contributed by atoms with Crippen LogP contribution in [0.25, 0.3) is 0 Å².